The van der Waals surface area contributed by atoms with Crippen molar-refractivity contribution in [2.24, 2.45) is 5.92 Å². The molecule has 2 fully saturated rings. The molecule has 3 rings (SSSR count). The van der Waals surface area contributed by atoms with Crippen LogP contribution in [0.1, 0.15) is 38.7 Å². The van der Waals surface area contributed by atoms with Gasteiger partial charge in [-0.05, 0) is 50.8 Å². The Morgan fingerprint density at radius 1 is 1.38 bits per heavy atom. The minimum absolute atomic E-state index is 0.0734. The molecular weight excluding hydrogens is 307 g/mol. The molecule has 0 N–H and O–H groups in total. The molecule has 2 amide bonds. The number of halogens is 1. The van der Waals surface area contributed by atoms with E-state index in [0.717, 1.165) is 24.9 Å². The van der Waals surface area contributed by atoms with E-state index in [0.29, 0.717) is 19.4 Å². The molecule has 1 aromatic rings. The lowest BCUT2D eigenvalue weighted by molar-refractivity contribution is -0.136. The van der Waals surface area contributed by atoms with Crippen LogP contribution in [0.5, 0.6) is 0 Å². The number of amides is 2. The number of hydrogen-bond acceptors (Lipinski definition) is 2. The van der Waals surface area contributed by atoms with Crippen LogP contribution < -0.4 is 0 Å². The van der Waals surface area contributed by atoms with Crippen molar-refractivity contribution in [3.8, 4) is 0 Å². The number of benzene rings is 1. The summed E-state index contributed by atoms with van der Waals surface area (Å²) in [5.74, 6) is -0.306. The first-order valence-electron chi connectivity index (χ1n) is 8.80. The third-order valence-corrected chi connectivity index (χ3v) is 5.15. The van der Waals surface area contributed by atoms with E-state index in [1.54, 1.807) is 17.0 Å². The van der Waals surface area contributed by atoms with Crippen LogP contribution in [-0.2, 0) is 16.0 Å². The zero-order valence-electron chi connectivity index (χ0n) is 14.4. The molecule has 0 spiro atoms. The Balaban J connectivity index is 1.67. The molecule has 130 valence electrons. The Kier molecular flexibility index (Phi) is 4.88. The number of rotatable bonds is 4. The summed E-state index contributed by atoms with van der Waals surface area (Å²) in [4.78, 5) is 28.7. The Morgan fingerprint density at radius 3 is 2.83 bits per heavy atom. The maximum absolute atomic E-state index is 13.4. The molecular formula is C19H25FN2O2. The zero-order chi connectivity index (χ0) is 17.3. The van der Waals surface area contributed by atoms with E-state index >= 15 is 0 Å². The van der Waals surface area contributed by atoms with Gasteiger partial charge in [0.15, 0.2) is 0 Å². The topological polar surface area (TPSA) is 40.6 Å². The van der Waals surface area contributed by atoms with Gasteiger partial charge in [-0.15, -0.1) is 0 Å². The van der Waals surface area contributed by atoms with Crippen molar-refractivity contribution in [1.82, 2.24) is 9.80 Å². The van der Waals surface area contributed by atoms with Crippen LogP contribution in [0.3, 0.4) is 0 Å². The summed E-state index contributed by atoms with van der Waals surface area (Å²) < 4.78 is 13.4. The molecule has 0 aromatic heterocycles. The van der Waals surface area contributed by atoms with Gasteiger partial charge in [0.2, 0.25) is 11.8 Å². The van der Waals surface area contributed by atoms with E-state index < -0.39 is 0 Å². The molecule has 2 aliphatic heterocycles. The van der Waals surface area contributed by atoms with Crippen LogP contribution in [0.2, 0.25) is 0 Å². The predicted molar refractivity (Wildman–Crippen MR) is 89.8 cm³/mol. The second-order valence-corrected chi connectivity index (χ2v) is 7.20. The van der Waals surface area contributed by atoms with Crippen LogP contribution in [0.4, 0.5) is 4.39 Å². The lowest BCUT2D eigenvalue weighted by atomic mass is 10.0. The smallest absolute Gasteiger partial charge is 0.228 e. The lowest BCUT2D eigenvalue weighted by Crippen LogP contribution is -2.42. The summed E-state index contributed by atoms with van der Waals surface area (Å²) in [6.07, 6.45) is 2.91. The predicted octanol–water partition coefficient (Wildman–Crippen LogP) is 2.62. The van der Waals surface area contributed by atoms with E-state index in [9.17, 15) is 14.0 Å². The number of hydrogen-bond donors (Lipinski definition) is 0. The lowest BCUT2D eigenvalue weighted by Gasteiger charge is -2.28. The molecule has 2 heterocycles. The number of carbonyl (C=O) groups excluding carboxylic acids is 2. The normalized spacial score (nSPS) is 24.2. The van der Waals surface area contributed by atoms with Gasteiger partial charge in [-0.1, -0.05) is 12.1 Å². The largest absolute Gasteiger partial charge is 0.339 e. The second-order valence-electron chi connectivity index (χ2n) is 7.20. The van der Waals surface area contributed by atoms with Gasteiger partial charge >= 0.3 is 0 Å². The summed E-state index contributed by atoms with van der Waals surface area (Å²) in [5, 5.41) is 0. The summed E-state index contributed by atoms with van der Waals surface area (Å²) in [5.41, 5.74) is 0.922. The molecule has 4 nitrogen and oxygen atoms in total. The summed E-state index contributed by atoms with van der Waals surface area (Å²) in [6.45, 7) is 5.23. The molecule has 0 saturated carbocycles. The molecule has 1 aromatic carbocycles. The maximum Gasteiger partial charge on any atom is 0.228 e. The van der Waals surface area contributed by atoms with E-state index in [4.69, 9.17) is 0 Å². The standard InChI is InChI=1S/C19H25FN2O2/c1-13(2)22-12-15(11-18(22)23)19(24)21-8-4-7-17(21)10-14-5-3-6-16(20)9-14/h3,5-6,9,13,15,17H,4,7-8,10-12H2,1-2H3. The molecule has 0 aliphatic carbocycles. The second kappa shape index (κ2) is 6.91. The third kappa shape index (κ3) is 3.45. The minimum atomic E-state index is -0.239. The van der Waals surface area contributed by atoms with Gasteiger partial charge in [0.25, 0.3) is 0 Å². The van der Waals surface area contributed by atoms with E-state index in [1.165, 1.54) is 6.07 Å². The highest BCUT2D eigenvalue weighted by molar-refractivity contribution is 5.89. The SMILES string of the molecule is CC(C)N1CC(C(=O)N2CCCC2Cc2cccc(F)c2)CC1=O. The van der Waals surface area contributed by atoms with Crippen LogP contribution in [0.25, 0.3) is 0 Å². The van der Waals surface area contributed by atoms with Gasteiger partial charge in [-0.25, -0.2) is 4.39 Å². The highest BCUT2D eigenvalue weighted by Gasteiger charge is 2.40. The van der Waals surface area contributed by atoms with Crippen molar-refractivity contribution in [2.45, 2.75) is 51.6 Å². The highest BCUT2D eigenvalue weighted by atomic mass is 19.1. The number of likely N-dealkylation sites (tertiary alicyclic amines) is 2. The first-order valence-corrected chi connectivity index (χ1v) is 8.80. The molecule has 5 heteroatoms. The van der Waals surface area contributed by atoms with Crippen LogP contribution in [0, 0.1) is 11.7 Å². The molecule has 0 radical (unpaired) electrons. The van der Waals surface area contributed by atoms with E-state index in [1.807, 2.05) is 24.8 Å². The van der Waals surface area contributed by atoms with Crippen molar-refractivity contribution in [2.75, 3.05) is 13.1 Å². The monoisotopic (exact) mass is 332 g/mol. The average Bonchev–Trinajstić information content (AvgIpc) is 3.13. The van der Waals surface area contributed by atoms with Crippen molar-refractivity contribution >= 4 is 11.8 Å². The van der Waals surface area contributed by atoms with E-state index in [2.05, 4.69) is 0 Å². The quantitative estimate of drug-likeness (QED) is 0.850. The van der Waals surface area contributed by atoms with Gasteiger partial charge in [0.05, 0.1) is 5.92 Å². The Labute approximate surface area is 142 Å². The van der Waals surface area contributed by atoms with Crippen LogP contribution in [-0.4, -0.2) is 46.8 Å². The summed E-state index contributed by atoms with van der Waals surface area (Å²) in [6, 6.07) is 6.84. The third-order valence-electron chi connectivity index (χ3n) is 5.15. The van der Waals surface area contributed by atoms with Crippen LogP contribution >= 0.6 is 0 Å². The van der Waals surface area contributed by atoms with Crippen molar-refractivity contribution in [1.29, 1.82) is 0 Å². The Hall–Kier alpha value is -1.91. The Morgan fingerprint density at radius 2 is 2.17 bits per heavy atom. The molecule has 2 aliphatic rings. The fourth-order valence-corrected chi connectivity index (χ4v) is 3.90. The molecule has 2 atom stereocenters. The number of carbonyl (C=O) groups is 2. The van der Waals surface area contributed by atoms with Gasteiger partial charge in [-0.3, -0.25) is 9.59 Å². The summed E-state index contributed by atoms with van der Waals surface area (Å²) >= 11 is 0. The maximum atomic E-state index is 13.4. The van der Waals surface area contributed by atoms with Gasteiger partial charge < -0.3 is 9.80 Å². The van der Waals surface area contributed by atoms with Gasteiger partial charge in [0.1, 0.15) is 5.82 Å². The first-order chi connectivity index (χ1) is 11.5. The number of nitrogens with zero attached hydrogens (tertiary/aromatic N) is 2. The Bertz CT molecular complexity index is 632. The summed E-state index contributed by atoms with van der Waals surface area (Å²) in [7, 11) is 0. The first kappa shape index (κ1) is 16.9. The van der Waals surface area contributed by atoms with Gasteiger partial charge in [-0.2, -0.15) is 0 Å². The molecule has 24 heavy (non-hydrogen) atoms. The van der Waals surface area contributed by atoms with Crippen molar-refractivity contribution in [3.63, 3.8) is 0 Å². The fraction of sp³-hybridized carbons (Fsp3) is 0.579. The fourth-order valence-electron chi connectivity index (χ4n) is 3.90. The molecule has 0 bridgehead atoms. The molecule has 2 saturated heterocycles. The molecule has 2 unspecified atom stereocenters. The van der Waals surface area contributed by atoms with Crippen molar-refractivity contribution in [3.05, 3.63) is 35.6 Å². The highest BCUT2D eigenvalue weighted by Crippen LogP contribution is 2.28. The minimum Gasteiger partial charge on any atom is -0.339 e. The van der Waals surface area contributed by atoms with Crippen molar-refractivity contribution < 1.29 is 14.0 Å². The average molecular weight is 332 g/mol. The van der Waals surface area contributed by atoms with E-state index in [-0.39, 0.29) is 35.6 Å². The van der Waals surface area contributed by atoms with Crippen LogP contribution in [0.15, 0.2) is 24.3 Å². The zero-order valence-corrected chi connectivity index (χ0v) is 14.4. The van der Waals surface area contributed by atoms with Gasteiger partial charge in [0, 0.05) is 31.6 Å².